The molecule has 2 heterocycles. The molecule has 2 aromatic rings. The first-order valence-corrected chi connectivity index (χ1v) is 9.50. The van der Waals surface area contributed by atoms with E-state index in [4.69, 9.17) is 9.26 Å². The summed E-state index contributed by atoms with van der Waals surface area (Å²) in [5.74, 6) is 2.13. The highest BCUT2D eigenvalue weighted by molar-refractivity contribution is 5.76. The number of hydrogen-bond donors (Lipinski definition) is 0. The van der Waals surface area contributed by atoms with Crippen molar-refractivity contribution < 1.29 is 18.4 Å². The highest BCUT2D eigenvalue weighted by Gasteiger charge is 2.28. The van der Waals surface area contributed by atoms with Gasteiger partial charge in [0.25, 0.3) is 0 Å². The van der Waals surface area contributed by atoms with Crippen molar-refractivity contribution in [3.63, 3.8) is 0 Å². The van der Waals surface area contributed by atoms with E-state index in [1.807, 2.05) is 4.90 Å². The molecule has 1 saturated heterocycles. The second-order valence-corrected chi connectivity index (χ2v) is 7.38. The SMILES string of the molecule is CC(C)CC(=O)N1CCCC(c2nc(CCOc3ccc(F)cc3)no2)C1. The Balaban J connectivity index is 1.50. The van der Waals surface area contributed by atoms with Crippen LogP contribution in [0.15, 0.2) is 28.8 Å². The Kier molecular flexibility index (Phi) is 6.42. The second-order valence-electron chi connectivity index (χ2n) is 7.38. The zero-order valence-corrected chi connectivity index (χ0v) is 15.9. The van der Waals surface area contributed by atoms with Crippen LogP contribution in [-0.2, 0) is 11.2 Å². The van der Waals surface area contributed by atoms with Gasteiger partial charge in [-0.1, -0.05) is 19.0 Å². The third-order valence-electron chi connectivity index (χ3n) is 4.60. The Hall–Kier alpha value is -2.44. The first-order valence-electron chi connectivity index (χ1n) is 9.50. The lowest BCUT2D eigenvalue weighted by molar-refractivity contribution is -0.133. The van der Waals surface area contributed by atoms with Crippen LogP contribution in [0.2, 0.25) is 0 Å². The highest BCUT2D eigenvalue weighted by atomic mass is 19.1. The largest absolute Gasteiger partial charge is 0.493 e. The molecular weight excluding hydrogens is 349 g/mol. The highest BCUT2D eigenvalue weighted by Crippen LogP contribution is 2.26. The number of ether oxygens (including phenoxy) is 1. The van der Waals surface area contributed by atoms with Gasteiger partial charge in [0.15, 0.2) is 5.82 Å². The zero-order valence-electron chi connectivity index (χ0n) is 15.9. The lowest BCUT2D eigenvalue weighted by Crippen LogP contribution is -2.39. The second kappa shape index (κ2) is 8.97. The van der Waals surface area contributed by atoms with Crippen LogP contribution in [0.5, 0.6) is 5.75 Å². The van der Waals surface area contributed by atoms with Crippen molar-refractivity contribution in [3.05, 3.63) is 41.8 Å². The molecular formula is C20H26FN3O3. The molecule has 146 valence electrons. The summed E-state index contributed by atoms with van der Waals surface area (Å²) in [5, 5.41) is 4.03. The van der Waals surface area contributed by atoms with Gasteiger partial charge in [0, 0.05) is 25.9 Å². The van der Waals surface area contributed by atoms with Crippen molar-refractivity contribution in [2.45, 2.75) is 45.4 Å². The fraction of sp³-hybridized carbons (Fsp3) is 0.550. The minimum absolute atomic E-state index is 0.0918. The van der Waals surface area contributed by atoms with Crippen molar-refractivity contribution in [2.75, 3.05) is 19.7 Å². The van der Waals surface area contributed by atoms with E-state index < -0.39 is 0 Å². The summed E-state index contributed by atoms with van der Waals surface area (Å²) in [4.78, 5) is 18.7. The first-order chi connectivity index (χ1) is 13.0. The van der Waals surface area contributed by atoms with Gasteiger partial charge in [-0.25, -0.2) is 4.39 Å². The summed E-state index contributed by atoms with van der Waals surface area (Å²) < 4.78 is 23.9. The van der Waals surface area contributed by atoms with Gasteiger partial charge >= 0.3 is 0 Å². The minimum atomic E-state index is -0.293. The normalized spacial score (nSPS) is 17.3. The van der Waals surface area contributed by atoms with Crippen molar-refractivity contribution in [3.8, 4) is 5.75 Å². The Morgan fingerprint density at radius 3 is 2.89 bits per heavy atom. The van der Waals surface area contributed by atoms with Crippen LogP contribution in [0.4, 0.5) is 4.39 Å². The van der Waals surface area contributed by atoms with Gasteiger partial charge in [0.2, 0.25) is 11.8 Å². The van der Waals surface area contributed by atoms with E-state index in [2.05, 4.69) is 24.0 Å². The van der Waals surface area contributed by atoms with Crippen molar-refractivity contribution in [1.29, 1.82) is 0 Å². The van der Waals surface area contributed by atoms with Crippen LogP contribution in [0, 0.1) is 11.7 Å². The number of aromatic nitrogens is 2. The number of amides is 1. The number of piperidine rings is 1. The van der Waals surface area contributed by atoms with Gasteiger partial charge in [-0.15, -0.1) is 0 Å². The van der Waals surface area contributed by atoms with Gasteiger partial charge in [0.1, 0.15) is 11.6 Å². The van der Waals surface area contributed by atoms with Gasteiger partial charge in [0.05, 0.1) is 12.5 Å². The maximum absolute atomic E-state index is 12.9. The smallest absolute Gasteiger partial charge is 0.231 e. The molecule has 3 rings (SSSR count). The lowest BCUT2D eigenvalue weighted by Gasteiger charge is -2.31. The molecule has 1 aromatic carbocycles. The Bertz CT molecular complexity index is 745. The van der Waals surface area contributed by atoms with E-state index in [-0.39, 0.29) is 17.6 Å². The van der Waals surface area contributed by atoms with E-state index in [0.29, 0.717) is 49.4 Å². The van der Waals surface area contributed by atoms with E-state index in [1.54, 1.807) is 12.1 Å². The molecule has 1 aromatic heterocycles. The summed E-state index contributed by atoms with van der Waals surface area (Å²) in [6.45, 7) is 5.93. The monoisotopic (exact) mass is 375 g/mol. The molecule has 0 saturated carbocycles. The molecule has 27 heavy (non-hydrogen) atoms. The molecule has 0 bridgehead atoms. The summed E-state index contributed by atoms with van der Waals surface area (Å²) in [7, 11) is 0. The van der Waals surface area contributed by atoms with E-state index in [1.165, 1.54) is 12.1 Å². The number of benzene rings is 1. The number of hydrogen-bond acceptors (Lipinski definition) is 5. The molecule has 6 nitrogen and oxygen atoms in total. The fourth-order valence-electron chi connectivity index (χ4n) is 3.21. The van der Waals surface area contributed by atoms with Crippen LogP contribution < -0.4 is 4.74 Å². The molecule has 1 unspecified atom stereocenters. The molecule has 1 aliphatic heterocycles. The average molecular weight is 375 g/mol. The molecule has 1 fully saturated rings. The number of likely N-dealkylation sites (tertiary alicyclic amines) is 1. The van der Waals surface area contributed by atoms with Gasteiger partial charge in [-0.3, -0.25) is 4.79 Å². The van der Waals surface area contributed by atoms with E-state index >= 15 is 0 Å². The quantitative estimate of drug-likeness (QED) is 0.740. The van der Waals surface area contributed by atoms with Gasteiger partial charge < -0.3 is 14.2 Å². The van der Waals surface area contributed by atoms with Crippen molar-refractivity contribution in [1.82, 2.24) is 15.0 Å². The summed E-state index contributed by atoms with van der Waals surface area (Å²) in [6, 6.07) is 5.89. The number of carbonyl (C=O) groups excluding carboxylic acids is 1. The molecule has 0 radical (unpaired) electrons. The topological polar surface area (TPSA) is 68.5 Å². The Labute approximate surface area is 158 Å². The number of rotatable bonds is 7. The standard InChI is InChI=1S/C20H26FN3O3/c1-14(2)12-19(25)24-10-3-4-15(13-24)20-22-18(23-27-20)9-11-26-17-7-5-16(21)6-8-17/h5-8,14-15H,3-4,9-13H2,1-2H3. The van der Waals surface area contributed by atoms with Crippen LogP contribution in [-0.4, -0.2) is 40.6 Å². The molecule has 7 heteroatoms. The molecule has 1 aliphatic rings. The lowest BCUT2D eigenvalue weighted by atomic mass is 9.97. The summed E-state index contributed by atoms with van der Waals surface area (Å²) in [6.07, 6.45) is 2.96. The number of halogens is 1. The maximum Gasteiger partial charge on any atom is 0.231 e. The molecule has 0 spiro atoms. The molecule has 0 aliphatic carbocycles. The predicted octanol–water partition coefficient (Wildman–Crippen LogP) is 3.58. The first kappa shape index (κ1) is 19.3. The number of carbonyl (C=O) groups is 1. The van der Waals surface area contributed by atoms with Crippen LogP contribution in [0.25, 0.3) is 0 Å². The van der Waals surface area contributed by atoms with Gasteiger partial charge in [-0.05, 0) is 43.0 Å². The Morgan fingerprint density at radius 2 is 2.15 bits per heavy atom. The summed E-state index contributed by atoms with van der Waals surface area (Å²) >= 11 is 0. The van der Waals surface area contributed by atoms with Crippen LogP contribution in [0.3, 0.4) is 0 Å². The maximum atomic E-state index is 12.9. The predicted molar refractivity (Wildman–Crippen MR) is 97.9 cm³/mol. The average Bonchev–Trinajstić information content (AvgIpc) is 3.12. The van der Waals surface area contributed by atoms with Crippen LogP contribution >= 0.6 is 0 Å². The Morgan fingerprint density at radius 1 is 1.37 bits per heavy atom. The molecule has 1 atom stereocenters. The molecule has 1 amide bonds. The number of nitrogens with zero attached hydrogens (tertiary/aromatic N) is 3. The van der Waals surface area contributed by atoms with E-state index in [0.717, 1.165) is 19.4 Å². The fourth-order valence-corrected chi connectivity index (χ4v) is 3.21. The minimum Gasteiger partial charge on any atom is -0.493 e. The molecule has 0 N–H and O–H groups in total. The van der Waals surface area contributed by atoms with Gasteiger partial charge in [-0.2, -0.15) is 4.98 Å². The third-order valence-corrected chi connectivity index (χ3v) is 4.60. The third kappa shape index (κ3) is 5.52. The van der Waals surface area contributed by atoms with Crippen molar-refractivity contribution >= 4 is 5.91 Å². The van der Waals surface area contributed by atoms with Crippen LogP contribution in [0.1, 0.15) is 50.7 Å². The summed E-state index contributed by atoms with van der Waals surface area (Å²) in [5.41, 5.74) is 0. The zero-order chi connectivity index (χ0) is 19.2. The van der Waals surface area contributed by atoms with E-state index in [9.17, 15) is 9.18 Å². The van der Waals surface area contributed by atoms with Crippen molar-refractivity contribution in [2.24, 2.45) is 5.92 Å².